The van der Waals surface area contributed by atoms with Gasteiger partial charge in [0.1, 0.15) is 6.61 Å². The van der Waals surface area contributed by atoms with Crippen LogP contribution in [0.15, 0.2) is 23.3 Å². The summed E-state index contributed by atoms with van der Waals surface area (Å²) in [5.74, 6) is 0.410. The Morgan fingerprint density at radius 2 is 2.15 bits per heavy atom. The number of ether oxygens (including phenoxy) is 1. The molecule has 1 rings (SSSR count). The van der Waals surface area contributed by atoms with Crippen LogP contribution in [-0.2, 0) is 6.18 Å². The third kappa shape index (κ3) is 5.77. The van der Waals surface area contributed by atoms with Crippen LogP contribution < -0.4 is 15.8 Å². The van der Waals surface area contributed by atoms with Crippen molar-refractivity contribution in [1.29, 1.82) is 0 Å². The Balaban J connectivity index is 2.40. The number of aliphatic imine (C=N–C) groups is 1. The molecule has 0 atom stereocenters. The molecule has 0 spiro atoms. The van der Waals surface area contributed by atoms with E-state index >= 15 is 0 Å². The van der Waals surface area contributed by atoms with E-state index < -0.39 is 11.7 Å². The SMILES string of the molecule is CC(C)NC(N)=NCCOc1ccc(C(F)(F)F)cn1. The quantitative estimate of drug-likeness (QED) is 0.492. The van der Waals surface area contributed by atoms with E-state index in [1.165, 1.54) is 6.07 Å². The first-order valence-corrected chi connectivity index (χ1v) is 6.01. The van der Waals surface area contributed by atoms with E-state index in [9.17, 15) is 13.2 Å². The highest BCUT2D eigenvalue weighted by Gasteiger charge is 2.30. The Kier molecular flexibility index (Phi) is 5.60. The van der Waals surface area contributed by atoms with Gasteiger partial charge in [0, 0.05) is 18.3 Å². The summed E-state index contributed by atoms with van der Waals surface area (Å²) in [6.45, 7) is 4.31. The number of hydrogen-bond donors (Lipinski definition) is 2. The van der Waals surface area contributed by atoms with E-state index in [0.29, 0.717) is 5.96 Å². The summed E-state index contributed by atoms with van der Waals surface area (Å²) in [5, 5.41) is 2.90. The summed E-state index contributed by atoms with van der Waals surface area (Å²) >= 11 is 0. The van der Waals surface area contributed by atoms with Crippen LogP contribution >= 0.6 is 0 Å². The molecule has 5 nitrogen and oxygen atoms in total. The maximum absolute atomic E-state index is 12.3. The number of halogens is 3. The maximum atomic E-state index is 12.3. The molecule has 8 heteroatoms. The number of nitrogens with one attached hydrogen (secondary N) is 1. The Morgan fingerprint density at radius 3 is 2.65 bits per heavy atom. The largest absolute Gasteiger partial charge is 0.476 e. The lowest BCUT2D eigenvalue weighted by Crippen LogP contribution is -2.37. The molecule has 112 valence electrons. The zero-order chi connectivity index (χ0) is 15.2. The number of guanidine groups is 1. The minimum atomic E-state index is -4.40. The number of rotatable bonds is 5. The van der Waals surface area contributed by atoms with Gasteiger partial charge in [-0.3, -0.25) is 0 Å². The fraction of sp³-hybridized carbons (Fsp3) is 0.500. The molecule has 1 aromatic heterocycles. The lowest BCUT2D eigenvalue weighted by molar-refractivity contribution is -0.137. The molecule has 0 saturated heterocycles. The number of pyridine rings is 1. The molecule has 20 heavy (non-hydrogen) atoms. The van der Waals surface area contributed by atoms with Gasteiger partial charge in [0.15, 0.2) is 5.96 Å². The highest BCUT2D eigenvalue weighted by molar-refractivity contribution is 5.78. The second kappa shape index (κ2) is 6.97. The lowest BCUT2D eigenvalue weighted by Gasteiger charge is -2.09. The molecule has 1 aromatic rings. The molecule has 0 aliphatic heterocycles. The summed E-state index contributed by atoms with van der Waals surface area (Å²) in [6, 6.07) is 2.26. The smallest absolute Gasteiger partial charge is 0.417 e. The fourth-order valence-corrected chi connectivity index (χ4v) is 1.29. The first-order chi connectivity index (χ1) is 9.29. The van der Waals surface area contributed by atoms with Crippen molar-refractivity contribution in [2.75, 3.05) is 13.2 Å². The van der Waals surface area contributed by atoms with Crippen LogP contribution in [0.2, 0.25) is 0 Å². The van der Waals surface area contributed by atoms with Crippen molar-refractivity contribution in [2.24, 2.45) is 10.7 Å². The van der Waals surface area contributed by atoms with Crippen LogP contribution in [-0.4, -0.2) is 30.1 Å². The fourth-order valence-electron chi connectivity index (χ4n) is 1.29. The molecule has 0 radical (unpaired) electrons. The van der Waals surface area contributed by atoms with Crippen molar-refractivity contribution in [2.45, 2.75) is 26.1 Å². The van der Waals surface area contributed by atoms with Gasteiger partial charge in [-0.05, 0) is 19.9 Å². The number of aromatic nitrogens is 1. The minimum Gasteiger partial charge on any atom is -0.476 e. The number of hydrogen-bond acceptors (Lipinski definition) is 3. The van der Waals surface area contributed by atoms with E-state index in [1.807, 2.05) is 13.8 Å². The summed E-state index contributed by atoms with van der Waals surface area (Å²) in [6.07, 6.45) is -3.67. The van der Waals surface area contributed by atoms with Crippen molar-refractivity contribution >= 4 is 5.96 Å². The summed E-state index contributed by atoms with van der Waals surface area (Å²) in [4.78, 5) is 7.56. The highest BCUT2D eigenvalue weighted by Crippen LogP contribution is 2.29. The van der Waals surface area contributed by atoms with Gasteiger partial charge in [-0.2, -0.15) is 13.2 Å². The number of alkyl halides is 3. The third-order valence-corrected chi connectivity index (χ3v) is 2.12. The summed E-state index contributed by atoms with van der Waals surface area (Å²) in [5.41, 5.74) is 4.75. The molecular weight excluding hydrogens is 273 g/mol. The van der Waals surface area contributed by atoms with Crippen LogP contribution in [0.25, 0.3) is 0 Å². The standard InChI is InChI=1S/C12H17F3N4O/c1-8(2)19-11(16)17-5-6-20-10-4-3-9(7-18-10)12(13,14)15/h3-4,7-8H,5-6H2,1-2H3,(H3,16,17,19). The van der Waals surface area contributed by atoms with Crippen molar-refractivity contribution < 1.29 is 17.9 Å². The predicted molar refractivity (Wildman–Crippen MR) is 69.5 cm³/mol. The molecule has 0 unspecified atom stereocenters. The van der Waals surface area contributed by atoms with Gasteiger partial charge in [-0.15, -0.1) is 0 Å². The first-order valence-electron chi connectivity index (χ1n) is 6.01. The summed E-state index contributed by atoms with van der Waals surface area (Å²) < 4.78 is 42.1. The topological polar surface area (TPSA) is 72.5 Å². The molecule has 0 saturated carbocycles. The maximum Gasteiger partial charge on any atom is 0.417 e. The van der Waals surface area contributed by atoms with E-state index in [0.717, 1.165) is 12.3 Å². The Morgan fingerprint density at radius 1 is 1.45 bits per heavy atom. The zero-order valence-corrected chi connectivity index (χ0v) is 11.2. The van der Waals surface area contributed by atoms with Gasteiger partial charge in [0.05, 0.1) is 12.1 Å². The van der Waals surface area contributed by atoms with Crippen molar-refractivity contribution in [1.82, 2.24) is 10.3 Å². The lowest BCUT2D eigenvalue weighted by atomic mass is 10.3. The molecule has 0 bridgehead atoms. The molecule has 0 aliphatic carbocycles. The van der Waals surface area contributed by atoms with Crippen LogP contribution in [0.3, 0.4) is 0 Å². The van der Waals surface area contributed by atoms with Gasteiger partial charge in [-0.1, -0.05) is 0 Å². The number of nitrogens with two attached hydrogens (primary N) is 1. The average Bonchev–Trinajstić information content (AvgIpc) is 2.33. The first kappa shape index (κ1) is 16.1. The van der Waals surface area contributed by atoms with E-state index in [1.54, 1.807) is 0 Å². The van der Waals surface area contributed by atoms with Crippen molar-refractivity contribution in [3.05, 3.63) is 23.9 Å². The van der Waals surface area contributed by atoms with E-state index in [2.05, 4.69) is 15.3 Å². The average molecular weight is 290 g/mol. The second-order valence-electron chi connectivity index (χ2n) is 4.30. The van der Waals surface area contributed by atoms with Crippen molar-refractivity contribution in [3.63, 3.8) is 0 Å². The zero-order valence-electron chi connectivity index (χ0n) is 11.2. The Hall–Kier alpha value is -1.99. The highest BCUT2D eigenvalue weighted by atomic mass is 19.4. The molecule has 1 heterocycles. The molecular formula is C12H17F3N4O. The van der Waals surface area contributed by atoms with E-state index in [-0.39, 0.29) is 25.1 Å². The molecule has 0 amide bonds. The van der Waals surface area contributed by atoms with Gasteiger partial charge in [-0.25, -0.2) is 9.98 Å². The van der Waals surface area contributed by atoms with Crippen molar-refractivity contribution in [3.8, 4) is 5.88 Å². The Labute approximate surface area is 115 Å². The molecule has 0 aliphatic rings. The second-order valence-corrected chi connectivity index (χ2v) is 4.30. The number of nitrogens with zero attached hydrogens (tertiary/aromatic N) is 2. The van der Waals surface area contributed by atoms with Gasteiger partial charge in [0.2, 0.25) is 5.88 Å². The monoisotopic (exact) mass is 290 g/mol. The third-order valence-electron chi connectivity index (χ3n) is 2.12. The molecule has 3 N–H and O–H groups in total. The molecule has 0 aromatic carbocycles. The van der Waals surface area contributed by atoms with Crippen LogP contribution in [0.5, 0.6) is 5.88 Å². The van der Waals surface area contributed by atoms with Gasteiger partial charge >= 0.3 is 6.18 Å². The van der Waals surface area contributed by atoms with Gasteiger partial charge < -0.3 is 15.8 Å². The van der Waals surface area contributed by atoms with Crippen LogP contribution in [0.4, 0.5) is 13.2 Å². The Bertz CT molecular complexity index is 443. The molecule has 0 fully saturated rings. The normalized spacial score (nSPS) is 12.6. The summed E-state index contributed by atoms with van der Waals surface area (Å²) in [7, 11) is 0. The van der Waals surface area contributed by atoms with E-state index in [4.69, 9.17) is 10.5 Å². The van der Waals surface area contributed by atoms with Crippen LogP contribution in [0.1, 0.15) is 19.4 Å². The van der Waals surface area contributed by atoms with Gasteiger partial charge in [0.25, 0.3) is 0 Å². The minimum absolute atomic E-state index is 0.114. The van der Waals surface area contributed by atoms with Crippen LogP contribution in [0, 0.1) is 0 Å². The predicted octanol–water partition coefficient (Wildman–Crippen LogP) is 1.79.